The third kappa shape index (κ3) is 4.10. The Labute approximate surface area is 160 Å². The smallest absolute Gasteiger partial charge is 0.127 e. The summed E-state index contributed by atoms with van der Waals surface area (Å²) in [6.07, 6.45) is 2.42. The van der Waals surface area contributed by atoms with Gasteiger partial charge in [-0.05, 0) is 30.2 Å². The van der Waals surface area contributed by atoms with Crippen LogP contribution in [0, 0.1) is 5.92 Å². The molecule has 2 aromatic heterocycles. The fourth-order valence-corrected chi connectivity index (χ4v) is 3.79. The van der Waals surface area contributed by atoms with Gasteiger partial charge in [-0.25, -0.2) is 4.98 Å². The lowest BCUT2D eigenvalue weighted by molar-refractivity contribution is 0.140. The fourth-order valence-electron chi connectivity index (χ4n) is 3.79. The molecule has 0 radical (unpaired) electrons. The minimum Gasteiger partial charge on any atom is -0.391 e. The van der Waals surface area contributed by atoms with Crippen LogP contribution in [0.15, 0.2) is 54.7 Å². The summed E-state index contributed by atoms with van der Waals surface area (Å²) in [6, 6.07) is 16.5. The zero-order valence-electron chi connectivity index (χ0n) is 15.9. The lowest BCUT2D eigenvalue weighted by Gasteiger charge is -2.16. The number of nitrogens with zero attached hydrogens (tertiary/aromatic N) is 4. The predicted molar refractivity (Wildman–Crippen MR) is 109 cm³/mol. The van der Waals surface area contributed by atoms with Gasteiger partial charge in [0, 0.05) is 56.9 Å². The molecule has 1 N–H and O–H groups in total. The summed E-state index contributed by atoms with van der Waals surface area (Å²) in [5.41, 5.74) is 3.25. The highest BCUT2D eigenvalue weighted by Gasteiger charge is 2.31. The summed E-state index contributed by atoms with van der Waals surface area (Å²) in [4.78, 5) is 13.6. The maximum atomic E-state index is 10.5. The van der Waals surface area contributed by atoms with Gasteiger partial charge in [-0.15, -0.1) is 0 Å². The zero-order valence-corrected chi connectivity index (χ0v) is 15.9. The van der Waals surface area contributed by atoms with Gasteiger partial charge in [-0.2, -0.15) is 0 Å². The molecule has 5 heteroatoms. The van der Waals surface area contributed by atoms with Gasteiger partial charge in [0.1, 0.15) is 5.82 Å². The van der Waals surface area contributed by atoms with Crippen LogP contribution in [0.25, 0.3) is 10.9 Å². The Morgan fingerprint density at radius 1 is 1.07 bits per heavy atom. The second-order valence-corrected chi connectivity index (χ2v) is 7.64. The van der Waals surface area contributed by atoms with Gasteiger partial charge in [0.25, 0.3) is 0 Å². The van der Waals surface area contributed by atoms with E-state index >= 15 is 0 Å². The third-order valence-electron chi connectivity index (χ3n) is 5.28. The largest absolute Gasteiger partial charge is 0.391 e. The molecular weight excluding hydrogens is 336 g/mol. The molecule has 4 rings (SSSR count). The van der Waals surface area contributed by atoms with E-state index in [-0.39, 0.29) is 12.0 Å². The van der Waals surface area contributed by atoms with Gasteiger partial charge < -0.3 is 10.0 Å². The molecule has 27 heavy (non-hydrogen) atoms. The summed E-state index contributed by atoms with van der Waals surface area (Å²) in [5.74, 6) is 1.17. The molecule has 1 fully saturated rings. The Balaban J connectivity index is 1.40. The second kappa shape index (κ2) is 7.62. The van der Waals surface area contributed by atoms with E-state index in [1.54, 1.807) is 0 Å². The first-order valence-electron chi connectivity index (χ1n) is 9.46. The molecule has 3 heterocycles. The highest BCUT2D eigenvalue weighted by atomic mass is 16.3. The molecule has 0 saturated carbocycles. The Morgan fingerprint density at radius 2 is 1.93 bits per heavy atom. The predicted octanol–water partition coefficient (Wildman–Crippen LogP) is 2.73. The minimum atomic E-state index is -0.313. The highest BCUT2D eigenvalue weighted by molar-refractivity contribution is 5.78. The van der Waals surface area contributed by atoms with E-state index in [9.17, 15) is 5.11 Å². The number of aromatic nitrogens is 2. The van der Waals surface area contributed by atoms with E-state index in [1.165, 1.54) is 5.56 Å². The Hall–Kier alpha value is -2.50. The van der Waals surface area contributed by atoms with Crippen LogP contribution in [0.3, 0.4) is 0 Å². The lowest BCUT2D eigenvalue weighted by Crippen LogP contribution is -2.21. The molecule has 0 unspecified atom stereocenters. The number of anilines is 1. The quantitative estimate of drug-likeness (QED) is 0.756. The van der Waals surface area contributed by atoms with Crippen molar-refractivity contribution in [1.29, 1.82) is 0 Å². The Kier molecular flexibility index (Phi) is 5.05. The first-order valence-corrected chi connectivity index (χ1v) is 9.46. The number of rotatable bonds is 5. The number of β-amino-alcohol motifs (C(OH)–C–C–N with tert-alkyl or cyclic N) is 1. The number of pyridine rings is 2. The zero-order chi connectivity index (χ0) is 18.8. The van der Waals surface area contributed by atoms with E-state index in [2.05, 4.69) is 34.1 Å². The minimum absolute atomic E-state index is 0.215. The molecule has 2 atom stereocenters. The molecule has 0 bridgehead atoms. The van der Waals surface area contributed by atoms with Crippen molar-refractivity contribution in [2.24, 2.45) is 5.92 Å². The van der Waals surface area contributed by atoms with Crippen molar-refractivity contribution in [3.05, 3.63) is 66.0 Å². The van der Waals surface area contributed by atoms with Gasteiger partial charge in [-0.1, -0.05) is 30.3 Å². The maximum Gasteiger partial charge on any atom is 0.127 e. The van der Waals surface area contributed by atoms with Crippen LogP contribution in [-0.2, 0) is 13.0 Å². The lowest BCUT2D eigenvalue weighted by atomic mass is 9.99. The Bertz CT molecular complexity index is 910. The van der Waals surface area contributed by atoms with Crippen LogP contribution in [0.4, 0.5) is 5.82 Å². The van der Waals surface area contributed by atoms with Crippen molar-refractivity contribution in [2.45, 2.75) is 19.1 Å². The average Bonchev–Trinajstić information content (AvgIpc) is 3.01. The molecule has 1 saturated heterocycles. The van der Waals surface area contributed by atoms with Gasteiger partial charge in [-0.3, -0.25) is 9.88 Å². The van der Waals surface area contributed by atoms with Crippen molar-refractivity contribution >= 4 is 16.7 Å². The van der Waals surface area contributed by atoms with Crippen LogP contribution in [0.5, 0.6) is 0 Å². The number of hydrogen-bond donors (Lipinski definition) is 1. The molecule has 1 aromatic carbocycles. The van der Waals surface area contributed by atoms with Crippen molar-refractivity contribution in [1.82, 2.24) is 14.9 Å². The maximum absolute atomic E-state index is 10.5. The number of benzene rings is 1. The normalized spacial score (nSPS) is 20.3. The molecule has 3 aromatic rings. The summed E-state index contributed by atoms with van der Waals surface area (Å²) in [7, 11) is 3.98. The summed E-state index contributed by atoms with van der Waals surface area (Å²) in [6.45, 7) is 2.40. The molecule has 0 amide bonds. The SMILES string of the molecule is CN(C)c1ccc(CN2C[C@@H](Cc3ccc4ccccc4n3)[C@H](O)C2)cn1. The van der Waals surface area contributed by atoms with Gasteiger partial charge in [0.05, 0.1) is 11.6 Å². The fraction of sp³-hybridized carbons (Fsp3) is 0.364. The van der Waals surface area contributed by atoms with E-state index in [0.29, 0.717) is 6.54 Å². The van der Waals surface area contributed by atoms with Crippen molar-refractivity contribution in [2.75, 3.05) is 32.1 Å². The van der Waals surface area contributed by atoms with Gasteiger partial charge in [0.15, 0.2) is 0 Å². The van der Waals surface area contributed by atoms with E-state index in [1.807, 2.05) is 49.5 Å². The molecule has 0 aliphatic carbocycles. The molecule has 1 aliphatic rings. The van der Waals surface area contributed by atoms with Crippen LogP contribution in [0.2, 0.25) is 0 Å². The topological polar surface area (TPSA) is 52.5 Å². The van der Waals surface area contributed by atoms with E-state index < -0.39 is 0 Å². The van der Waals surface area contributed by atoms with Gasteiger partial charge >= 0.3 is 0 Å². The number of hydrogen-bond acceptors (Lipinski definition) is 5. The summed E-state index contributed by atoms with van der Waals surface area (Å²) < 4.78 is 0. The van der Waals surface area contributed by atoms with E-state index in [0.717, 1.165) is 41.9 Å². The highest BCUT2D eigenvalue weighted by Crippen LogP contribution is 2.24. The van der Waals surface area contributed by atoms with Gasteiger partial charge in [0.2, 0.25) is 0 Å². The molecular formula is C22H26N4O. The first kappa shape index (κ1) is 17.9. The molecule has 1 aliphatic heterocycles. The average molecular weight is 362 g/mol. The Morgan fingerprint density at radius 3 is 2.70 bits per heavy atom. The van der Waals surface area contributed by atoms with Crippen LogP contribution in [-0.4, -0.2) is 53.3 Å². The molecule has 140 valence electrons. The van der Waals surface area contributed by atoms with Crippen LogP contribution in [0.1, 0.15) is 11.3 Å². The van der Waals surface area contributed by atoms with Crippen molar-refractivity contribution in [3.8, 4) is 0 Å². The number of aliphatic hydroxyl groups excluding tert-OH is 1. The number of para-hydroxylation sites is 1. The summed E-state index contributed by atoms with van der Waals surface area (Å²) >= 11 is 0. The van der Waals surface area contributed by atoms with E-state index in [4.69, 9.17) is 4.98 Å². The second-order valence-electron chi connectivity index (χ2n) is 7.64. The molecule has 0 spiro atoms. The van der Waals surface area contributed by atoms with Crippen LogP contribution < -0.4 is 4.90 Å². The van der Waals surface area contributed by atoms with Crippen molar-refractivity contribution in [3.63, 3.8) is 0 Å². The van der Waals surface area contributed by atoms with Crippen LogP contribution >= 0.6 is 0 Å². The number of fused-ring (bicyclic) bond motifs is 1. The number of likely N-dealkylation sites (tertiary alicyclic amines) is 1. The molecule has 5 nitrogen and oxygen atoms in total. The standard InChI is InChI=1S/C22H26N4O/c1-25(2)22-10-7-16(12-23-22)13-26-14-18(21(27)15-26)11-19-9-8-17-5-3-4-6-20(17)24-19/h3-10,12,18,21,27H,11,13-15H2,1-2H3/t18-,21-/m1/s1. The first-order chi connectivity index (χ1) is 13.1. The van der Waals surface area contributed by atoms with Crippen molar-refractivity contribution < 1.29 is 5.11 Å². The monoisotopic (exact) mass is 362 g/mol. The number of aliphatic hydroxyl groups is 1. The summed E-state index contributed by atoms with van der Waals surface area (Å²) in [5, 5.41) is 11.7. The third-order valence-corrected chi connectivity index (χ3v) is 5.28.